The van der Waals surface area contributed by atoms with Gasteiger partial charge in [0, 0.05) is 31.1 Å². The Morgan fingerprint density at radius 3 is 2.78 bits per heavy atom. The topological polar surface area (TPSA) is 32.3 Å². The highest BCUT2D eigenvalue weighted by atomic mass is 35.5. The normalized spacial score (nSPS) is 10.4. The molecule has 18 heavy (non-hydrogen) atoms. The summed E-state index contributed by atoms with van der Waals surface area (Å²) >= 11 is 5.94. The zero-order valence-corrected chi connectivity index (χ0v) is 11.8. The number of carbonyl (C=O) groups excluding carboxylic acids is 1. The molecule has 0 bridgehead atoms. The van der Waals surface area contributed by atoms with Crippen LogP contribution in [0.25, 0.3) is 0 Å². The van der Waals surface area contributed by atoms with E-state index in [0.717, 1.165) is 25.2 Å². The van der Waals surface area contributed by atoms with E-state index in [0.29, 0.717) is 18.0 Å². The van der Waals surface area contributed by atoms with Gasteiger partial charge in [-0.15, -0.1) is 0 Å². The van der Waals surface area contributed by atoms with Crippen LogP contribution in [-0.4, -0.2) is 30.4 Å². The first kappa shape index (κ1) is 15.0. The van der Waals surface area contributed by atoms with E-state index in [-0.39, 0.29) is 5.91 Å². The van der Waals surface area contributed by atoms with Crippen molar-refractivity contribution in [2.45, 2.75) is 26.8 Å². The summed E-state index contributed by atoms with van der Waals surface area (Å²) in [6.45, 7) is 7.01. The number of benzene rings is 1. The lowest BCUT2D eigenvalue weighted by atomic mass is 10.2. The van der Waals surface area contributed by atoms with Crippen molar-refractivity contribution >= 4 is 17.5 Å². The van der Waals surface area contributed by atoms with Crippen molar-refractivity contribution in [2.24, 2.45) is 0 Å². The van der Waals surface area contributed by atoms with Gasteiger partial charge in [-0.1, -0.05) is 30.7 Å². The first-order chi connectivity index (χ1) is 8.67. The van der Waals surface area contributed by atoms with Gasteiger partial charge in [0.15, 0.2) is 0 Å². The van der Waals surface area contributed by atoms with Gasteiger partial charge in [0.25, 0.3) is 0 Å². The second kappa shape index (κ2) is 8.11. The second-order valence-corrected chi connectivity index (χ2v) is 4.58. The van der Waals surface area contributed by atoms with Crippen molar-refractivity contribution in [1.82, 2.24) is 10.2 Å². The zero-order valence-electron chi connectivity index (χ0n) is 11.1. The van der Waals surface area contributed by atoms with E-state index >= 15 is 0 Å². The number of carbonyl (C=O) groups is 1. The van der Waals surface area contributed by atoms with Crippen molar-refractivity contribution < 1.29 is 4.79 Å². The Morgan fingerprint density at radius 1 is 1.39 bits per heavy atom. The Balaban J connectivity index is 2.53. The SMILES string of the molecule is CCNCCC(=O)N(CC)Cc1cccc(Cl)c1. The van der Waals surface area contributed by atoms with Gasteiger partial charge in [-0.2, -0.15) is 0 Å². The lowest BCUT2D eigenvalue weighted by Gasteiger charge is -2.21. The van der Waals surface area contributed by atoms with Gasteiger partial charge < -0.3 is 10.2 Å². The zero-order chi connectivity index (χ0) is 13.4. The molecule has 0 aromatic heterocycles. The molecule has 1 N–H and O–H groups in total. The minimum absolute atomic E-state index is 0.179. The molecule has 0 aliphatic heterocycles. The molecule has 0 aliphatic carbocycles. The van der Waals surface area contributed by atoms with Crippen LogP contribution in [0.3, 0.4) is 0 Å². The van der Waals surface area contributed by atoms with Crippen molar-refractivity contribution in [3.05, 3.63) is 34.9 Å². The highest BCUT2D eigenvalue weighted by Gasteiger charge is 2.11. The van der Waals surface area contributed by atoms with Gasteiger partial charge in [-0.05, 0) is 31.2 Å². The maximum atomic E-state index is 12.0. The van der Waals surface area contributed by atoms with Gasteiger partial charge in [-0.25, -0.2) is 0 Å². The number of amides is 1. The van der Waals surface area contributed by atoms with Crippen LogP contribution in [0, 0.1) is 0 Å². The minimum atomic E-state index is 0.179. The third kappa shape index (κ3) is 5.07. The molecule has 0 unspecified atom stereocenters. The summed E-state index contributed by atoms with van der Waals surface area (Å²) in [5, 5.41) is 3.87. The van der Waals surface area contributed by atoms with Gasteiger partial charge >= 0.3 is 0 Å². The first-order valence-electron chi connectivity index (χ1n) is 6.40. The van der Waals surface area contributed by atoms with Crippen molar-refractivity contribution in [1.29, 1.82) is 0 Å². The monoisotopic (exact) mass is 268 g/mol. The van der Waals surface area contributed by atoms with Crippen molar-refractivity contribution in [3.63, 3.8) is 0 Å². The average molecular weight is 269 g/mol. The van der Waals surface area contributed by atoms with E-state index in [4.69, 9.17) is 11.6 Å². The fourth-order valence-electron chi connectivity index (χ4n) is 1.76. The van der Waals surface area contributed by atoms with Gasteiger partial charge in [0.1, 0.15) is 0 Å². The quantitative estimate of drug-likeness (QED) is 0.771. The van der Waals surface area contributed by atoms with Crippen LogP contribution in [0.5, 0.6) is 0 Å². The Kier molecular flexibility index (Phi) is 6.76. The second-order valence-electron chi connectivity index (χ2n) is 4.14. The molecule has 0 radical (unpaired) electrons. The highest BCUT2D eigenvalue weighted by Crippen LogP contribution is 2.13. The molecular formula is C14H21ClN2O. The number of nitrogens with one attached hydrogen (secondary N) is 1. The molecule has 0 saturated carbocycles. The lowest BCUT2D eigenvalue weighted by Crippen LogP contribution is -2.32. The number of halogens is 1. The maximum Gasteiger partial charge on any atom is 0.224 e. The molecular weight excluding hydrogens is 248 g/mol. The minimum Gasteiger partial charge on any atom is -0.339 e. The molecule has 0 atom stereocenters. The first-order valence-corrected chi connectivity index (χ1v) is 6.78. The van der Waals surface area contributed by atoms with E-state index in [1.165, 1.54) is 0 Å². The predicted molar refractivity (Wildman–Crippen MR) is 75.7 cm³/mol. The summed E-state index contributed by atoms with van der Waals surface area (Å²) in [6, 6.07) is 7.65. The summed E-state index contributed by atoms with van der Waals surface area (Å²) in [5.41, 5.74) is 1.07. The molecule has 3 nitrogen and oxygen atoms in total. The third-order valence-corrected chi connectivity index (χ3v) is 3.00. The van der Waals surface area contributed by atoms with E-state index in [1.54, 1.807) is 0 Å². The fraction of sp³-hybridized carbons (Fsp3) is 0.500. The van der Waals surface area contributed by atoms with Gasteiger partial charge in [0.2, 0.25) is 5.91 Å². The number of rotatable bonds is 7. The molecule has 1 aromatic carbocycles. The van der Waals surface area contributed by atoms with Gasteiger partial charge in [-0.3, -0.25) is 4.79 Å². The molecule has 1 aromatic rings. The van der Waals surface area contributed by atoms with E-state index in [1.807, 2.05) is 43.0 Å². The third-order valence-electron chi connectivity index (χ3n) is 2.76. The molecule has 0 heterocycles. The molecule has 100 valence electrons. The van der Waals surface area contributed by atoms with Crippen molar-refractivity contribution in [3.8, 4) is 0 Å². The van der Waals surface area contributed by atoms with Crippen LogP contribution in [0.4, 0.5) is 0 Å². The van der Waals surface area contributed by atoms with E-state index in [9.17, 15) is 4.79 Å². The molecule has 4 heteroatoms. The molecule has 0 aliphatic rings. The number of hydrogen-bond donors (Lipinski definition) is 1. The van der Waals surface area contributed by atoms with E-state index < -0.39 is 0 Å². The standard InChI is InChI=1S/C14H21ClN2O/c1-3-16-9-8-14(18)17(4-2)11-12-6-5-7-13(15)10-12/h5-7,10,16H,3-4,8-9,11H2,1-2H3. The largest absolute Gasteiger partial charge is 0.339 e. The predicted octanol–water partition coefficient (Wildman–Crippen LogP) is 2.69. The van der Waals surface area contributed by atoms with Crippen molar-refractivity contribution in [2.75, 3.05) is 19.6 Å². The van der Waals surface area contributed by atoms with E-state index in [2.05, 4.69) is 5.32 Å². The Hall–Kier alpha value is -1.06. The van der Waals surface area contributed by atoms with Crippen LogP contribution in [0.15, 0.2) is 24.3 Å². The summed E-state index contributed by atoms with van der Waals surface area (Å²) in [5.74, 6) is 0.179. The molecule has 0 spiro atoms. The van der Waals surface area contributed by atoms with Crippen LogP contribution in [0.2, 0.25) is 5.02 Å². The van der Waals surface area contributed by atoms with Crippen LogP contribution >= 0.6 is 11.6 Å². The van der Waals surface area contributed by atoms with Gasteiger partial charge in [0.05, 0.1) is 0 Å². The highest BCUT2D eigenvalue weighted by molar-refractivity contribution is 6.30. The molecule has 1 rings (SSSR count). The smallest absolute Gasteiger partial charge is 0.224 e. The molecule has 0 fully saturated rings. The maximum absolute atomic E-state index is 12.0. The average Bonchev–Trinajstić information content (AvgIpc) is 2.36. The Morgan fingerprint density at radius 2 is 2.17 bits per heavy atom. The van der Waals surface area contributed by atoms with Crippen LogP contribution in [0.1, 0.15) is 25.8 Å². The summed E-state index contributed by atoms with van der Waals surface area (Å²) in [7, 11) is 0. The molecule has 1 amide bonds. The molecule has 0 saturated heterocycles. The summed E-state index contributed by atoms with van der Waals surface area (Å²) in [6.07, 6.45) is 0.544. The number of nitrogens with zero attached hydrogens (tertiary/aromatic N) is 1. The summed E-state index contributed by atoms with van der Waals surface area (Å²) in [4.78, 5) is 13.8. The fourth-order valence-corrected chi connectivity index (χ4v) is 1.98. The Bertz CT molecular complexity index is 382. The number of hydrogen-bond acceptors (Lipinski definition) is 2. The lowest BCUT2D eigenvalue weighted by molar-refractivity contribution is -0.131. The van der Waals surface area contributed by atoms with Crippen LogP contribution in [-0.2, 0) is 11.3 Å². The van der Waals surface area contributed by atoms with Crippen LogP contribution < -0.4 is 5.32 Å². The summed E-state index contributed by atoms with van der Waals surface area (Å²) < 4.78 is 0. The Labute approximate surface area is 114 Å².